The topological polar surface area (TPSA) is 96.0 Å². The minimum Gasteiger partial charge on any atom is -0.379 e. The Morgan fingerprint density at radius 2 is 1.65 bits per heavy atom. The zero-order valence-corrected chi connectivity index (χ0v) is 19.3. The molecule has 0 radical (unpaired) electrons. The van der Waals surface area contributed by atoms with E-state index in [2.05, 4.69) is 5.32 Å². The molecule has 2 fully saturated rings. The monoisotopic (exact) mass is 479 g/mol. The number of morpholine rings is 1. The number of anilines is 2. The molecule has 0 saturated carbocycles. The van der Waals surface area contributed by atoms with Crippen LogP contribution in [0.25, 0.3) is 10.8 Å². The molecule has 0 unspecified atom stereocenters. The second kappa shape index (κ2) is 9.17. The molecule has 8 nitrogen and oxygen atoms in total. The molecular weight excluding hydrogens is 454 g/mol. The molecule has 3 aromatic carbocycles. The van der Waals surface area contributed by atoms with Crippen LogP contribution in [-0.2, 0) is 24.3 Å². The molecule has 0 spiro atoms. The molecule has 9 heteroatoms. The van der Waals surface area contributed by atoms with E-state index in [-0.39, 0.29) is 23.1 Å². The summed E-state index contributed by atoms with van der Waals surface area (Å²) in [6, 6.07) is 19.8. The number of amides is 2. The molecule has 2 saturated heterocycles. The number of hydrogen-bond donors (Lipinski definition) is 1. The van der Waals surface area contributed by atoms with Crippen LogP contribution in [0.1, 0.15) is 6.42 Å². The summed E-state index contributed by atoms with van der Waals surface area (Å²) in [4.78, 5) is 27.5. The summed E-state index contributed by atoms with van der Waals surface area (Å²) in [6.45, 7) is 1.70. The fourth-order valence-electron chi connectivity index (χ4n) is 4.45. The summed E-state index contributed by atoms with van der Waals surface area (Å²) in [7, 11) is -3.60. The van der Waals surface area contributed by atoms with Crippen molar-refractivity contribution in [2.75, 3.05) is 43.1 Å². The lowest BCUT2D eigenvalue weighted by Crippen LogP contribution is -2.40. The van der Waals surface area contributed by atoms with Crippen molar-refractivity contribution in [3.63, 3.8) is 0 Å². The standard InChI is InChI=1S/C25H25N3O5S/c29-24-16-19(17-28(24)23-7-3-5-18-4-1-2-6-22(18)23)25(30)26-20-8-10-21(11-9-20)34(31,32)27-12-14-33-15-13-27/h1-11,19H,12-17H2,(H,26,30)/t19-/m0/s1. The van der Waals surface area contributed by atoms with Crippen LogP contribution >= 0.6 is 0 Å². The van der Waals surface area contributed by atoms with E-state index in [1.807, 2.05) is 42.5 Å². The third-order valence-corrected chi connectivity index (χ3v) is 8.20. The first-order valence-corrected chi connectivity index (χ1v) is 12.6. The number of sulfonamides is 1. The fourth-order valence-corrected chi connectivity index (χ4v) is 5.86. The van der Waals surface area contributed by atoms with Crippen LogP contribution in [0, 0.1) is 5.92 Å². The summed E-state index contributed by atoms with van der Waals surface area (Å²) < 4.78 is 32.2. The summed E-state index contributed by atoms with van der Waals surface area (Å²) in [5.74, 6) is -0.855. The van der Waals surface area contributed by atoms with Crippen LogP contribution in [0.5, 0.6) is 0 Å². The van der Waals surface area contributed by atoms with Gasteiger partial charge in [0.25, 0.3) is 0 Å². The van der Waals surface area contributed by atoms with Gasteiger partial charge in [-0.15, -0.1) is 0 Å². The first kappa shape index (κ1) is 22.5. The third-order valence-electron chi connectivity index (χ3n) is 6.28. The first-order valence-electron chi connectivity index (χ1n) is 11.2. The highest BCUT2D eigenvalue weighted by Gasteiger charge is 2.36. The number of nitrogens with one attached hydrogen (secondary N) is 1. The van der Waals surface area contributed by atoms with Crippen molar-refractivity contribution in [1.82, 2.24) is 4.31 Å². The molecule has 0 bridgehead atoms. The van der Waals surface area contributed by atoms with Crippen LogP contribution in [0.4, 0.5) is 11.4 Å². The zero-order valence-electron chi connectivity index (χ0n) is 18.5. The predicted molar refractivity (Wildman–Crippen MR) is 129 cm³/mol. The van der Waals surface area contributed by atoms with E-state index in [1.165, 1.54) is 16.4 Å². The average molecular weight is 480 g/mol. The van der Waals surface area contributed by atoms with Crippen molar-refractivity contribution in [3.05, 3.63) is 66.7 Å². The van der Waals surface area contributed by atoms with Gasteiger partial charge in [-0.1, -0.05) is 36.4 Å². The summed E-state index contributed by atoms with van der Waals surface area (Å²) in [6.07, 6.45) is 0.124. The molecule has 0 aliphatic carbocycles. The van der Waals surface area contributed by atoms with Gasteiger partial charge in [-0.3, -0.25) is 9.59 Å². The second-order valence-electron chi connectivity index (χ2n) is 8.43. The van der Waals surface area contributed by atoms with Gasteiger partial charge in [0.05, 0.1) is 29.7 Å². The van der Waals surface area contributed by atoms with Crippen molar-refractivity contribution in [3.8, 4) is 0 Å². The second-order valence-corrected chi connectivity index (χ2v) is 10.4. The number of benzene rings is 3. The minimum absolute atomic E-state index is 0.0940. The minimum atomic E-state index is -3.60. The molecule has 2 aliphatic rings. The number of carbonyl (C=O) groups is 2. The van der Waals surface area contributed by atoms with Crippen LogP contribution in [0.3, 0.4) is 0 Å². The highest BCUT2D eigenvalue weighted by atomic mass is 32.2. The van der Waals surface area contributed by atoms with Gasteiger partial charge in [0.15, 0.2) is 0 Å². The van der Waals surface area contributed by atoms with E-state index in [9.17, 15) is 18.0 Å². The maximum atomic E-state index is 12.9. The highest BCUT2D eigenvalue weighted by Crippen LogP contribution is 2.32. The van der Waals surface area contributed by atoms with E-state index >= 15 is 0 Å². The lowest BCUT2D eigenvalue weighted by atomic mass is 10.1. The summed E-state index contributed by atoms with van der Waals surface area (Å²) in [5, 5.41) is 4.83. The molecular formula is C25H25N3O5S. The van der Waals surface area contributed by atoms with Gasteiger partial charge in [-0.2, -0.15) is 4.31 Å². The molecule has 34 heavy (non-hydrogen) atoms. The van der Waals surface area contributed by atoms with Gasteiger partial charge in [0.1, 0.15) is 0 Å². The Hall–Kier alpha value is -3.27. The molecule has 2 amide bonds. The number of nitrogens with zero attached hydrogens (tertiary/aromatic N) is 2. The quantitative estimate of drug-likeness (QED) is 0.607. The van der Waals surface area contributed by atoms with Crippen LogP contribution < -0.4 is 10.2 Å². The van der Waals surface area contributed by atoms with Crippen molar-refractivity contribution in [2.45, 2.75) is 11.3 Å². The maximum Gasteiger partial charge on any atom is 0.243 e. The van der Waals surface area contributed by atoms with E-state index in [0.717, 1.165) is 16.5 Å². The van der Waals surface area contributed by atoms with Gasteiger partial charge in [-0.25, -0.2) is 8.42 Å². The van der Waals surface area contributed by atoms with Crippen molar-refractivity contribution in [2.24, 2.45) is 5.92 Å². The molecule has 1 N–H and O–H groups in total. The van der Waals surface area contributed by atoms with Crippen LogP contribution in [-0.4, -0.2) is 57.4 Å². The third kappa shape index (κ3) is 4.29. The summed E-state index contributed by atoms with van der Waals surface area (Å²) >= 11 is 0. The fraction of sp³-hybridized carbons (Fsp3) is 0.280. The van der Waals surface area contributed by atoms with Crippen molar-refractivity contribution >= 4 is 44.0 Å². The number of hydrogen-bond acceptors (Lipinski definition) is 5. The van der Waals surface area contributed by atoms with Crippen LogP contribution in [0.15, 0.2) is 71.6 Å². The first-order chi connectivity index (χ1) is 16.4. The van der Waals surface area contributed by atoms with E-state index in [4.69, 9.17) is 4.74 Å². The van der Waals surface area contributed by atoms with Crippen LogP contribution in [0.2, 0.25) is 0 Å². The number of fused-ring (bicyclic) bond motifs is 1. The van der Waals surface area contributed by atoms with Crippen molar-refractivity contribution < 1.29 is 22.7 Å². The Morgan fingerprint density at radius 1 is 0.941 bits per heavy atom. The zero-order chi connectivity index (χ0) is 23.7. The van der Waals surface area contributed by atoms with Gasteiger partial charge in [0, 0.05) is 37.1 Å². The van der Waals surface area contributed by atoms with E-state index in [0.29, 0.717) is 38.5 Å². The molecule has 2 heterocycles. The highest BCUT2D eigenvalue weighted by molar-refractivity contribution is 7.89. The molecule has 176 valence electrons. The van der Waals surface area contributed by atoms with Gasteiger partial charge in [-0.05, 0) is 35.7 Å². The smallest absolute Gasteiger partial charge is 0.243 e. The Bertz CT molecular complexity index is 1330. The number of carbonyl (C=O) groups excluding carboxylic acids is 2. The van der Waals surface area contributed by atoms with Gasteiger partial charge < -0.3 is 15.0 Å². The maximum absolute atomic E-state index is 12.9. The van der Waals surface area contributed by atoms with Gasteiger partial charge in [0.2, 0.25) is 21.8 Å². The SMILES string of the molecule is O=C(Nc1ccc(S(=O)(=O)N2CCOCC2)cc1)[C@H]1CC(=O)N(c2cccc3ccccc23)C1. The molecule has 0 aromatic heterocycles. The number of rotatable bonds is 5. The Labute approximate surface area is 198 Å². The normalized spacial score (nSPS) is 19.5. The molecule has 2 aliphatic heterocycles. The van der Waals surface area contributed by atoms with E-state index in [1.54, 1.807) is 17.0 Å². The Balaban J connectivity index is 1.27. The molecule has 5 rings (SSSR count). The molecule has 3 aromatic rings. The Kier molecular flexibility index (Phi) is 6.07. The largest absolute Gasteiger partial charge is 0.379 e. The van der Waals surface area contributed by atoms with Crippen molar-refractivity contribution in [1.29, 1.82) is 0 Å². The lowest BCUT2D eigenvalue weighted by molar-refractivity contribution is -0.122. The Morgan fingerprint density at radius 3 is 2.41 bits per heavy atom. The van der Waals surface area contributed by atoms with E-state index < -0.39 is 15.9 Å². The summed E-state index contributed by atoms with van der Waals surface area (Å²) in [5.41, 5.74) is 1.29. The van der Waals surface area contributed by atoms with Gasteiger partial charge >= 0.3 is 0 Å². The average Bonchev–Trinajstić information content (AvgIpc) is 3.26. The lowest BCUT2D eigenvalue weighted by Gasteiger charge is -2.26. The molecule has 1 atom stereocenters. The predicted octanol–water partition coefficient (Wildman–Crippen LogP) is 2.85. The number of ether oxygens (including phenoxy) is 1.